The number of aromatic nitrogens is 2. The van der Waals surface area contributed by atoms with E-state index in [4.69, 9.17) is 4.42 Å². The van der Waals surface area contributed by atoms with Gasteiger partial charge < -0.3 is 14.3 Å². The summed E-state index contributed by atoms with van der Waals surface area (Å²) < 4.78 is 7.40. The Bertz CT molecular complexity index is 443. The highest BCUT2D eigenvalue weighted by atomic mass is 16.3. The Kier molecular flexibility index (Phi) is 2.60. The predicted molar refractivity (Wildman–Crippen MR) is 58.4 cm³/mol. The summed E-state index contributed by atoms with van der Waals surface area (Å²) in [6, 6.07) is 3.79. The van der Waals surface area contributed by atoms with Crippen molar-refractivity contribution in [2.45, 2.75) is 13.5 Å². The molecule has 1 N–H and O–H groups in total. The SMILES string of the molecule is CNCc1c(C)nc(-c2ccco2)n1C. The van der Waals surface area contributed by atoms with E-state index in [-0.39, 0.29) is 0 Å². The molecule has 15 heavy (non-hydrogen) atoms. The summed E-state index contributed by atoms with van der Waals surface area (Å²) in [6.45, 7) is 2.83. The molecule has 4 heteroatoms. The lowest BCUT2D eigenvalue weighted by molar-refractivity contribution is 0.572. The summed E-state index contributed by atoms with van der Waals surface area (Å²) in [5, 5.41) is 3.13. The lowest BCUT2D eigenvalue weighted by Gasteiger charge is -2.03. The van der Waals surface area contributed by atoms with Gasteiger partial charge in [0.05, 0.1) is 17.7 Å². The molecule has 0 atom stereocenters. The van der Waals surface area contributed by atoms with E-state index >= 15 is 0 Å². The zero-order chi connectivity index (χ0) is 10.8. The molecule has 0 saturated heterocycles. The van der Waals surface area contributed by atoms with Crippen molar-refractivity contribution in [3.05, 3.63) is 29.8 Å². The first kappa shape index (κ1) is 9.98. The van der Waals surface area contributed by atoms with Gasteiger partial charge in [-0.2, -0.15) is 0 Å². The first-order chi connectivity index (χ1) is 7.24. The van der Waals surface area contributed by atoms with Crippen molar-refractivity contribution in [2.24, 2.45) is 7.05 Å². The number of nitrogens with one attached hydrogen (secondary N) is 1. The molecule has 0 spiro atoms. The van der Waals surface area contributed by atoms with Crippen molar-refractivity contribution < 1.29 is 4.42 Å². The third-order valence-electron chi connectivity index (χ3n) is 2.50. The summed E-state index contributed by atoms with van der Waals surface area (Å²) in [5.41, 5.74) is 2.22. The maximum Gasteiger partial charge on any atom is 0.176 e. The summed E-state index contributed by atoms with van der Waals surface area (Å²) in [6.07, 6.45) is 1.66. The van der Waals surface area contributed by atoms with Gasteiger partial charge in [-0.1, -0.05) is 0 Å². The van der Waals surface area contributed by atoms with Crippen LogP contribution < -0.4 is 5.32 Å². The molecule has 0 bridgehead atoms. The van der Waals surface area contributed by atoms with Gasteiger partial charge in [-0.15, -0.1) is 0 Å². The number of aryl methyl sites for hydroxylation is 1. The van der Waals surface area contributed by atoms with E-state index < -0.39 is 0 Å². The van der Waals surface area contributed by atoms with Gasteiger partial charge in [-0.25, -0.2) is 4.98 Å². The molecule has 2 rings (SSSR count). The molecule has 2 aromatic heterocycles. The maximum absolute atomic E-state index is 5.34. The van der Waals surface area contributed by atoms with Gasteiger partial charge in [-0.05, 0) is 26.1 Å². The molecule has 0 aliphatic heterocycles. The maximum atomic E-state index is 5.34. The highest BCUT2D eigenvalue weighted by Crippen LogP contribution is 2.21. The second-order valence-electron chi connectivity index (χ2n) is 3.53. The highest BCUT2D eigenvalue weighted by molar-refractivity contribution is 5.49. The lowest BCUT2D eigenvalue weighted by Crippen LogP contribution is -2.10. The van der Waals surface area contributed by atoms with E-state index in [0.29, 0.717) is 0 Å². The summed E-state index contributed by atoms with van der Waals surface area (Å²) in [7, 11) is 3.93. The molecule has 80 valence electrons. The largest absolute Gasteiger partial charge is 0.461 e. The minimum Gasteiger partial charge on any atom is -0.461 e. The molecule has 0 aliphatic carbocycles. The van der Waals surface area contributed by atoms with E-state index in [1.165, 1.54) is 5.69 Å². The molecule has 0 radical (unpaired) electrons. The van der Waals surface area contributed by atoms with Crippen molar-refractivity contribution in [3.8, 4) is 11.6 Å². The van der Waals surface area contributed by atoms with Crippen LogP contribution in [0, 0.1) is 6.92 Å². The van der Waals surface area contributed by atoms with Gasteiger partial charge >= 0.3 is 0 Å². The van der Waals surface area contributed by atoms with E-state index in [2.05, 4.69) is 14.9 Å². The Labute approximate surface area is 88.9 Å². The minimum absolute atomic E-state index is 0.808. The summed E-state index contributed by atoms with van der Waals surface area (Å²) >= 11 is 0. The van der Waals surface area contributed by atoms with Crippen LogP contribution in [0.2, 0.25) is 0 Å². The quantitative estimate of drug-likeness (QED) is 0.829. The van der Waals surface area contributed by atoms with Crippen molar-refractivity contribution in [3.63, 3.8) is 0 Å². The molecule has 0 unspecified atom stereocenters. The van der Waals surface area contributed by atoms with Gasteiger partial charge in [0, 0.05) is 13.6 Å². The van der Waals surface area contributed by atoms with Crippen molar-refractivity contribution >= 4 is 0 Å². The molecule has 4 nitrogen and oxygen atoms in total. The van der Waals surface area contributed by atoms with E-state index in [1.54, 1.807) is 6.26 Å². The number of imidazole rings is 1. The van der Waals surface area contributed by atoms with Gasteiger partial charge in [0.2, 0.25) is 0 Å². The van der Waals surface area contributed by atoms with Gasteiger partial charge in [-0.3, -0.25) is 0 Å². The Balaban J connectivity index is 2.46. The van der Waals surface area contributed by atoms with Crippen LogP contribution in [-0.4, -0.2) is 16.6 Å². The van der Waals surface area contributed by atoms with Crippen LogP contribution in [-0.2, 0) is 13.6 Å². The number of hydrogen-bond donors (Lipinski definition) is 1. The minimum atomic E-state index is 0.808. The fourth-order valence-electron chi connectivity index (χ4n) is 1.71. The summed E-state index contributed by atoms with van der Waals surface area (Å²) in [4.78, 5) is 4.50. The van der Waals surface area contributed by atoms with Crippen LogP contribution in [0.5, 0.6) is 0 Å². The third kappa shape index (κ3) is 1.68. The van der Waals surface area contributed by atoms with Crippen LogP contribution >= 0.6 is 0 Å². The smallest absolute Gasteiger partial charge is 0.176 e. The summed E-state index contributed by atoms with van der Waals surface area (Å²) in [5.74, 6) is 1.69. The fraction of sp³-hybridized carbons (Fsp3) is 0.364. The van der Waals surface area contributed by atoms with Crippen LogP contribution in [0.15, 0.2) is 22.8 Å². The molecule has 0 amide bonds. The van der Waals surface area contributed by atoms with Gasteiger partial charge in [0.15, 0.2) is 11.6 Å². The molecular formula is C11H15N3O. The Morgan fingerprint density at radius 1 is 1.53 bits per heavy atom. The Morgan fingerprint density at radius 2 is 2.33 bits per heavy atom. The normalized spacial score (nSPS) is 10.9. The fourth-order valence-corrected chi connectivity index (χ4v) is 1.71. The molecular weight excluding hydrogens is 190 g/mol. The van der Waals surface area contributed by atoms with Gasteiger partial charge in [0.25, 0.3) is 0 Å². The third-order valence-corrected chi connectivity index (χ3v) is 2.50. The average molecular weight is 205 g/mol. The predicted octanol–water partition coefficient (Wildman–Crippen LogP) is 1.71. The molecule has 2 aromatic rings. The number of furan rings is 1. The van der Waals surface area contributed by atoms with Crippen molar-refractivity contribution in [1.82, 2.24) is 14.9 Å². The second-order valence-corrected chi connectivity index (χ2v) is 3.53. The second kappa shape index (κ2) is 3.90. The molecule has 0 fully saturated rings. The molecule has 0 aliphatic rings. The van der Waals surface area contributed by atoms with Crippen molar-refractivity contribution in [1.29, 1.82) is 0 Å². The number of rotatable bonds is 3. The topological polar surface area (TPSA) is 43.0 Å². The zero-order valence-electron chi connectivity index (χ0n) is 9.24. The number of nitrogens with zero attached hydrogens (tertiary/aromatic N) is 2. The van der Waals surface area contributed by atoms with E-state index in [0.717, 1.165) is 23.8 Å². The van der Waals surface area contributed by atoms with Crippen LogP contribution in [0.1, 0.15) is 11.4 Å². The molecule has 2 heterocycles. The van der Waals surface area contributed by atoms with E-state index in [1.807, 2.05) is 33.2 Å². The van der Waals surface area contributed by atoms with Gasteiger partial charge in [0.1, 0.15) is 0 Å². The van der Waals surface area contributed by atoms with Crippen LogP contribution in [0.3, 0.4) is 0 Å². The van der Waals surface area contributed by atoms with Crippen LogP contribution in [0.25, 0.3) is 11.6 Å². The average Bonchev–Trinajstić information content (AvgIpc) is 2.81. The van der Waals surface area contributed by atoms with Crippen molar-refractivity contribution in [2.75, 3.05) is 7.05 Å². The Hall–Kier alpha value is -1.55. The van der Waals surface area contributed by atoms with E-state index in [9.17, 15) is 0 Å². The first-order valence-electron chi connectivity index (χ1n) is 4.94. The molecule has 0 saturated carbocycles. The zero-order valence-corrected chi connectivity index (χ0v) is 9.24. The lowest BCUT2D eigenvalue weighted by atomic mass is 10.3. The first-order valence-corrected chi connectivity index (χ1v) is 4.94. The van der Waals surface area contributed by atoms with Crippen LogP contribution in [0.4, 0.5) is 0 Å². The Morgan fingerprint density at radius 3 is 2.93 bits per heavy atom. The molecule has 0 aromatic carbocycles. The number of hydrogen-bond acceptors (Lipinski definition) is 3. The highest BCUT2D eigenvalue weighted by Gasteiger charge is 2.13. The monoisotopic (exact) mass is 205 g/mol. The standard InChI is InChI=1S/C11H15N3O/c1-8-9(7-12-2)14(3)11(13-8)10-5-4-6-15-10/h4-6,12H,7H2,1-3H3.